The maximum absolute atomic E-state index is 12.3. The van der Waals surface area contributed by atoms with Crippen molar-refractivity contribution in [2.45, 2.75) is 19.4 Å². The SMILES string of the molecule is O=C1NC(=O)C2(CC2)C(=O)N1Cc1ccccc1Br. The van der Waals surface area contributed by atoms with Crippen LogP contribution in [0.2, 0.25) is 0 Å². The van der Waals surface area contributed by atoms with Crippen molar-refractivity contribution in [1.82, 2.24) is 10.2 Å². The summed E-state index contributed by atoms with van der Waals surface area (Å²) in [6.07, 6.45) is 1.05. The largest absolute Gasteiger partial charge is 0.331 e. The van der Waals surface area contributed by atoms with Crippen molar-refractivity contribution >= 4 is 33.8 Å². The number of nitrogens with zero attached hydrogens (tertiary/aromatic N) is 1. The van der Waals surface area contributed by atoms with E-state index in [0.717, 1.165) is 14.9 Å². The van der Waals surface area contributed by atoms with E-state index in [0.29, 0.717) is 12.8 Å². The minimum absolute atomic E-state index is 0.168. The molecule has 1 heterocycles. The molecule has 2 aliphatic rings. The van der Waals surface area contributed by atoms with Crippen molar-refractivity contribution in [3.05, 3.63) is 34.3 Å². The first-order chi connectivity index (χ1) is 9.04. The van der Waals surface area contributed by atoms with Crippen LogP contribution in [0.25, 0.3) is 0 Å². The standard InChI is InChI=1S/C13H11BrN2O3/c14-9-4-2-1-3-8(9)7-16-11(18)13(5-6-13)10(17)15-12(16)19/h1-4H,5-7H2,(H,15,17,19). The number of urea groups is 1. The fraction of sp³-hybridized carbons (Fsp3) is 0.308. The van der Waals surface area contributed by atoms with E-state index in [-0.39, 0.29) is 12.5 Å². The zero-order valence-corrected chi connectivity index (χ0v) is 11.6. The fourth-order valence-corrected chi connectivity index (χ4v) is 2.65. The van der Waals surface area contributed by atoms with E-state index in [2.05, 4.69) is 21.2 Å². The van der Waals surface area contributed by atoms with Gasteiger partial charge in [0.25, 0.3) is 0 Å². The highest BCUT2D eigenvalue weighted by molar-refractivity contribution is 9.10. The minimum Gasteiger partial charge on any atom is -0.277 e. The number of carbonyl (C=O) groups excluding carboxylic acids is 3. The van der Waals surface area contributed by atoms with Crippen LogP contribution in [0.4, 0.5) is 4.79 Å². The molecule has 0 unspecified atom stereocenters. The summed E-state index contributed by atoms with van der Waals surface area (Å²) in [5, 5.41) is 2.26. The number of benzene rings is 1. The predicted octanol–water partition coefficient (Wildman–Crippen LogP) is 1.81. The van der Waals surface area contributed by atoms with Crippen molar-refractivity contribution in [3.63, 3.8) is 0 Å². The number of amides is 4. The summed E-state index contributed by atoms with van der Waals surface area (Å²) < 4.78 is 0.831. The number of rotatable bonds is 2. The first-order valence-corrected chi connectivity index (χ1v) is 6.75. The molecule has 1 aromatic carbocycles. The van der Waals surface area contributed by atoms with Gasteiger partial charge in [0.1, 0.15) is 5.41 Å². The molecular weight excluding hydrogens is 312 g/mol. The molecule has 1 aromatic rings. The van der Waals surface area contributed by atoms with Crippen LogP contribution in [0.1, 0.15) is 18.4 Å². The predicted molar refractivity (Wildman–Crippen MR) is 69.9 cm³/mol. The zero-order valence-electron chi connectivity index (χ0n) is 9.98. The van der Waals surface area contributed by atoms with Gasteiger partial charge in [0.2, 0.25) is 11.8 Å². The van der Waals surface area contributed by atoms with Gasteiger partial charge < -0.3 is 0 Å². The highest BCUT2D eigenvalue weighted by atomic mass is 79.9. The molecule has 1 aliphatic carbocycles. The lowest BCUT2D eigenvalue weighted by atomic mass is 10.0. The van der Waals surface area contributed by atoms with Crippen LogP contribution >= 0.6 is 15.9 Å². The second-order valence-electron chi connectivity index (χ2n) is 4.82. The number of nitrogens with one attached hydrogen (secondary N) is 1. The van der Waals surface area contributed by atoms with Crippen LogP contribution in [-0.4, -0.2) is 22.7 Å². The Morgan fingerprint density at radius 1 is 1.21 bits per heavy atom. The highest BCUT2D eigenvalue weighted by Crippen LogP contribution is 2.49. The van der Waals surface area contributed by atoms with Gasteiger partial charge in [-0.2, -0.15) is 0 Å². The lowest BCUT2D eigenvalue weighted by molar-refractivity contribution is -0.145. The second-order valence-corrected chi connectivity index (χ2v) is 5.68. The van der Waals surface area contributed by atoms with Gasteiger partial charge in [0.05, 0.1) is 6.54 Å². The summed E-state index contributed by atoms with van der Waals surface area (Å²) in [6, 6.07) is 6.74. The van der Waals surface area contributed by atoms with Crippen LogP contribution in [0.15, 0.2) is 28.7 Å². The van der Waals surface area contributed by atoms with Gasteiger partial charge in [-0.15, -0.1) is 0 Å². The zero-order chi connectivity index (χ0) is 13.6. The van der Waals surface area contributed by atoms with Gasteiger partial charge >= 0.3 is 6.03 Å². The Kier molecular flexibility index (Phi) is 2.70. The summed E-state index contributed by atoms with van der Waals surface area (Å²) in [7, 11) is 0. The summed E-state index contributed by atoms with van der Waals surface area (Å²) in [4.78, 5) is 36.9. The minimum atomic E-state index is -0.977. The summed E-state index contributed by atoms with van der Waals surface area (Å²) >= 11 is 3.38. The molecule has 2 fully saturated rings. The van der Waals surface area contributed by atoms with Crippen LogP contribution in [0.5, 0.6) is 0 Å². The molecule has 4 amide bonds. The Morgan fingerprint density at radius 3 is 2.53 bits per heavy atom. The lowest BCUT2D eigenvalue weighted by Gasteiger charge is -2.30. The monoisotopic (exact) mass is 322 g/mol. The topological polar surface area (TPSA) is 66.5 Å². The van der Waals surface area contributed by atoms with Crippen molar-refractivity contribution in [3.8, 4) is 0 Å². The van der Waals surface area contributed by atoms with E-state index < -0.39 is 17.4 Å². The molecule has 1 N–H and O–H groups in total. The van der Waals surface area contributed by atoms with Crippen LogP contribution in [-0.2, 0) is 16.1 Å². The Balaban J connectivity index is 1.88. The molecule has 0 aromatic heterocycles. The molecule has 19 heavy (non-hydrogen) atoms. The Bertz CT molecular complexity index is 595. The maximum Gasteiger partial charge on any atom is 0.331 e. The highest BCUT2D eigenvalue weighted by Gasteiger charge is 2.62. The molecule has 6 heteroatoms. The van der Waals surface area contributed by atoms with Gasteiger partial charge in [-0.3, -0.25) is 19.8 Å². The Labute approximate surface area is 118 Å². The van der Waals surface area contributed by atoms with Crippen molar-refractivity contribution in [2.24, 2.45) is 5.41 Å². The Morgan fingerprint density at radius 2 is 1.89 bits per heavy atom. The van der Waals surface area contributed by atoms with E-state index in [1.54, 1.807) is 0 Å². The number of hydrogen-bond donors (Lipinski definition) is 1. The molecule has 5 nitrogen and oxygen atoms in total. The van der Waals surface area contributed by atoms with E-state index in [4.69, 9.17) is 0 Å². The molecule has 1 saturated heterocycles. The first kappa shape index (κ1) is 12.3. The van der Waals surface area contributed by atoms with Crippen LogP contribution < -0.4 is 5.32 Å². The quantitative estimate of drug-likeness (QED) is 0.844. The smallest absolute Gasteiger partial charge is 0.277 e. The van der Waals surface area contributed by atoms with E-state index in [9.17, 15) is 14.4 Å². The van der Waals surface area contributed by atoms with Crippen molar-refractivity contribution in [1.29, 1.82) is 0 Å². The van der Waals surface area contributed by atoms with E-state index in [1.807, 2.05) is 24.3 Å². The third kappa shape index (κ3) is 1.87. The van der Waals surface area contributed by atoms with Crippen LogP contribution in [0, 0.1) is 5.41 Å². The van der Waals surface area contributed by atoms with Gasteiger partial charge in [-0.25, -0.2) is 4.79 Å². The van der Waals surface area contributed by atoms with E-state index >= 15 is 0 Å². The molecule has 98 valence electrons. The van der Waals surface area contributed by atoms with Crippen molar-refractivity contribution in [2.75, 3.05) is 0 Å². The molecule has 3 rings (SSSR count). The molecule has 1 aliphatic heterocycles. The summed E-state index contributed by atoms with van der Waals surface area (Å²) in [6.45, 7) is 0.168. The van der Waals surface area contributed by atoms with Gasteiger partial charge in [-0.1, -0.05) is 34.1 Å². The third-order valence-corrected chi connectivity index (χ3v) is 4.36. The Hall–Kier alpha value is -1.69. The normalized spacial score (nSPS) is 20.7. The van der Waals surface area contributed by atoms with Crippen molar-refractivity contribution < 1.29 is 14.4 Å². The number of barbiturate groups is 1. The second kappa shape index (κ2) is 4.16. The number of hydrogen-bond acceptors (Lipinski definition) is 3. The molecule has 1 saturated carbocycles. The van der Waals surface area contributed by atoms with Gasteiger partial charge in [-0.05, 0) is 24.5 Å². The number of imide groups is 2. The van der Waals surface area contributed by atoms with Gasteiger partial charge in [0.15, 0.2) is 0 Å². The number of halogens is 1. The fourth-order valence-electron chi connectivity index (χ4n) is 2.24. The molecular formula is C13H11BrN2O3. The lowest BCUT2D eigenvalue weighted by Crippen LogP contribution is -2.58. The average molecular weight is 323 g/mol. The first-order valence-electron chi connectivity index (χ1n) is 5.95. The molecule has 0 bridgehead atoms. The van der Waals surface area contributed by atoms with E-state index in [1.165, 1.54) is 0 Å². The average Bonchev–Trinajstić information content (AvgIpc) is 3.16. The summed E-state index contributed by atoms with van der Waals surface area (Å²) in [5.41, 5.74) is -0.147. The van der Waals surface area contributed by atoms with Gasteiger partial charge in [0, 0.05) is 4.47 Å². The third-order valence-electron chi connectivity index (χ3n) is 3.59. The van der Waals surface area contributed by atoms with Crippen LogP contribution in [0.3, 0.4) is 0 Å². The molecule has 0 atom stereocenters. The molecule has 1 spiro atoms. The number of carbonyl (C=O) groups is 3. The molecule has 0 radical (unpaired) electrons. The maximum atomic E-state index is 12.3. The summed E-state index contributed by atoms with van der Waals surface area (Å²) in [5.74, 6) is -0.831.